The third-order valence-electron chi connectivity index (χ3n) is 7.15. The van der Waals surface area contributed by atoms with Crippen LogP contribution in [0.3, 0.4) is 0 Å². The van der Waals surface area contributed by atoms with E-state index in [-0.39, 0.29) is 29.7 Å². The summed E-state index contributed by atoms with van der Waals surface area (Å²) >= 11 is 6.14. The van der Waals surface area contributed by atoms with Crippen LogP contribution in [-0.4, -0.2) is 44.3 Å². The van der Waals surface area contributed by atoms with E-state index in [4.69, 9.17) is 11.6 Å². The second-order valence-corrected chi connectivity index (χ2v) is 13.5. The summed E-state index contributed by atoms with van der Waals surface area (Å²) in [4.78, 5) is 29.8. The number of benzene rings is 4. The molecule has 0 saturated carbocycles. The quantitative estimate of drug-likeness (QED) is 0.189. The zero-order chi connectivity index (χ0) is 31.7. The number of aryl methyl sites for hydroxylation is 1. The highest BCUT2D eigenvalue weighted by atomic mass is 35.5. The van der Waals surface area contributed by atoms with Crippen molar-refractivity contribution in [3.63, 3.8) is 0 Å². The molecule has 9 heteroatoms. The fourth-order valence-corrected chi connectivity index (χ4v) is 6.26. The first-order valence-electron chi connectivity index (χ1n) is 14.5. The third kappa shape index (κ3) is 8.71. The number of anilines is 1. The van der Waals surface area contributed by atoms with Crippen LogP contribution in [0.25, 0.3) is 0 Å². The Morgan fingerprint density at radius 2 is 1.39 bits per heavy atom. The summed E-state index contributed by atoms with van der Waals surface area (Å²) < 4.78 is 29.2. The Morgan fingerprint density at radius 3 is 1.98 bits per heavy atom. The van der Waals surface area contributed by atoms with Gasteiger partial charge in [-0.25, -0.2) is 8.42 Å². The number of halogens is 1. The van der Waals surface area contributed by atoms with E-state index in [2.05, 4.69) is 5.32 Å². The Bertz CT molecular complexity index is 1630. The van der Waals surface area contributed by atoms with Crippen LogP contribution in [0.5, 0.6) is 0 Å². The fraction of sp³-hybridized carbons (Fsp3) is 0.257. The molecule has 4 rings (SSSR count). The van der Waals surface area contributed by atoms with Crippen LogP contribution in [0.1, 0.15) is 30.5 Å². The second kappa shape index (κ2) is 15.0. The molecule has 7 nitrogen and oxygen atoms in total. The molecule has 1 N–H and O–H groups in total. The van der Waals surface area contributed by atoms with Crippen molar-refractivity contribution in [1.82, 2.24) is 10.2 Å². The van der Waals surface area contributed by atoms with E-state index >= 15 is 0 Å². The van der Waals surface area contributed by atoms with Crippen molar-refractivity contribution in [2.75, 3.05) is 17.4 Å². The number of sulfonamides is 1. The molecule has 44 heavy (non-hydrogen) atoms. The monoisotopic (exact) mass is 631 g/mol. The van der Waals surface area contributed by atoms with E-state index < -0.39 is 28.5 Å². The lowest BCUT2D eigenvalue weighted by atomic mass is 10.0. The zero-order valence-electron chi connectivity index (χ0n) is 25.2. The number of nitrogens with zero attached hydrogens (tertiary/aromatic N) is 2. The number of hydrogen-bond donors (Lipinski definition) is 1. The van der Waals surface area contributed by atoms with E-state index in [9.17, 15) is 18.0 Å². The molecular formula is C35H38ClN3O4S. The van der Waals surface area contributed by atoms with Crippen LogP contribution in [0, 0.1) is 12.8 Å². The van der Waals surface area contributed by atoms with Crippen molar-refractivity contribution < 1.29 is 18.0 Å². The summed E-state index contributed by atoms with van der Waals surface area (Å²) in [6.45, 7) is 5.88. The van der Waals surface area contributed by atoms with E-state index in [0.29, 0.717) is 17.3 Å². The number of rotatable bonds is 13. The molecule has 230 valence electrons. The second-order valence-electron chi connectivity index (χ2n) is 11.2. The molecule has 0 spiro atoms. The minimum Gasteiger partial charge on any atom is -0.354 e. The average Bonchev–Trinajstić information content (AvgIpc) is 3.02. The predicted molar refractivity (Wildman–Crippen MR) is 176 cm³/mol. The maximum absolute atomic E-state index is 14.4. The molecule has 0 aliphatic rings. The Hall–Kier alpha value is -4.14. The van der Waals surface area contributed by atoms with Gasteiger partial charge in [0.25, 0.3) is 10.0 Å². The van der Waals surface area contributed by atoms with Crippen LogP contribution in [0.2, 0.25) is 5.02 Å². The topological polar surface area (TPSA) is 86.8 Å². The average molecular weight is 632 g/mol. The summed E-state index contributed by atoms with van der Waals surface area (Å²) in [5, 5.41) is 3.54. The summed E-state index contributed by atoms with van der Waals surface area (Å²) in [7, 11) is -4.14. The smallest absolute Gasteiger partial charge is 0.264 e. The first-order valence-corrected chi connectivity index (χ1v) is 16.4. The van der Waals surface area contributed by atoms with Crippen molar-refractivity contribution in [3.8, 4) is 0 Å². The zero-order valence-corrected chi connectivity index (χ0v) is 26.8. The van der Waals surface area contributed by atoms with Crippen LogP contribution in [0.4, 0.5) is 5.69 Å². The SMILES string of the molecule is Cc1ccc(S(=O)(=O)N(CC(=O)N(Cc2ccc(Cl)cc2)[C@@H](Cc2ccccc2)C(=O)NCC(C)C)c2ccccc2)cc1. The number of para-hydroxylation sites is 1. The summed E-state index contributed by atoms with van der Waals surface area (Å²) in [5.41, 5.74) is 2.89. The highest BCUT2D eigenvalue weighted by Gasteiger charge is 2.34. The molecule has 0 saturated heterocycles. The standard InChI is InChI=1S/C35H38ClN3O4S/c1-26(2)23-37-35(41)33(22-28-10-6-4-7-11-28)38(24-29-16-18-30(36)19-17-29)34(40)25-39(31-12-8-5-9-13-31)44(42,43)32-20-14-27(3)15-21-32/h4-21,26,33H,22-25H2,1-3H3,(H,37,41)/t33-/m0/s1. The molecule has 0 radical (unpaired) electrons. The Balaban J connectivity index is 1.77. The fourth-order valence-electron chi connectivity index (χ4n) is 4.72. The Labute approximate surface area is 265 Å². The lowest BCUT2D eigenvalue weighted by Crippen LogP contribution is -2.53. The van der Waals surface area contributed by atoms with Gasteiger partial charge in [-0.05, 0) is 60.4 Å². The molecule has 0 unspecified atom stereocenters. The normalized spacial score (nSPS) is 12.0. The van der Waals surface area contributed by atoms with E-state index in [1.54, 1.807) is 66.7 Å². The highest BCUT2D eigenvalue weighted by molar-refractivity contribution is 7.92. The van der Waals surface area contributed by atoms with Gasteiger partial charge in [0.05, 0.1) is 10.6 Å². The third-order valence-corrected chi connectivity index (χ3v) is 9.19. The molecule has 0 aliphatic carbocycles. The molecule has 4 aromatic carbocycles. The van der Waals surface area contributed by atoms with Crippen LogP contribution >= 0.6 is 11.6 Å². The number of nitrogens with one attached hydrogen (secondary N) is 1. The van der Waals surface area contributed by atoms with Crippen LogP contribution in [-0.2, 0) is 32.6 Å². The van der Waals surface area contributed by atoms with Crippen LogP contribution < -0.4 is 9.62 Å². The molecular weight excluding hydrogens is 594 g/mol. The molecule has 1 atom stereocenters. The van der Waals surface area contributed by atoms with Gasteiger partial charge in [-0.15, -0.1) is 0 Å². The molecule has 0 bridgehead atoms. The van der Waals surface area contributed by atoms with Gasteiger partial charge in [-0.2, -0.15) is 0 Å². The number of carbonyl (C=O) groups excluding carboxylic acids is 2. The van der Waals surface area contributed by atoms with Gasteiger partial charge in [-0.3, -0.25) is 13.9 Å². The predicted octanol–water partition coefficient (Wildman–Crippen LogP) is 6.26. The number of carbonyl (C=O) groups is 2. The Kier molecular flexibility index (Phi) is 11.2. The number of hydrogen-bond acceptors (Lipinski definition) is 4. The molecule has 4 aromatic rings. The highest BCUT2D eigenvalue weighted by Crippen LogP contribution is 2.25. The van der Waals surface area contributed by atoms with Crippen molar-refractivity contribution in [2.24, 2.45) is 5.92 Å². The van der Waals surface area contributed by atoms with Gasteiger partial charge in [0.15, 0.2) is 0 Å². The van der Waals surface area contributed by atoms with Gasteiger partial charge >= 0.3 is 0 Å². The van der Waals surface area contributed by atoms with E-state index in [0.717, 1.165) is 21.0 Å². The van der Waals surface area contributed by atoms with Gasteiger partial charge in [0.2, 0.25) is 11.8 Å². The maximum atomic E-state index is 14.4. The lowest BCUT2D eigenvalue weighted by Gasteiger charge is -2.34. The summed E-state index contributed by atoms with van der Waals surface area (Å²) in [5.74, 6) is -0.623. The Morgan fingerprint density at radius 1 is 0.795 bits per heavy atom. The lowest BCUT2D eigenvalue weighted by molar-refractivity contribution is -0.140. The first-order chi connectivity index (χ1) is 21.0. The largest absolute Gasteiger partial charge is 0.354 e. The van der Waals surface area contributed by atoms with Crippen molar-refractivity contribution in [2.45, 2.75) is 44.7 Å². The van der Waals surface area contributed by atoms with Gasteiger partial charge in [-0.1, -0.05) is 104 Å². The minimum absolute atomic E-state index is 0.0690. The molecule has 0 aromatic heterocycles. The van der Waals surface area contributed by atoms with E-state index in [1.165, 1.54) is 17.0 Å². The van der Waals surface area contributed by atoms with Crippen LogP contribution in [0.15, 0.2) is 114 Å². The molecule has 0 aliphatic heterocycles. The van der Waals surface area contributed by atoms with Crippen molar-refractivity contribution >= 4 is 39.1 Å². The molecule has 0 fully saturated rings. The van der Waals surface area contributed by atoms with Crippen molar-refractivity contribution in [1.29, 1.82) is 0 Å². The minimum atomic E-state index is -4.14. The van der Waals surface area contributed by atoms with E-state index in [1.807, 2.05) is 51.1 Å². The maximum Gasteiger partial charge on any atom is 0.264 e. The summed E-state index contributed by atoms with van der Waals surface area (Å²) in [6, 6.07) is 30.7. The van der Waals surface area contributed by atoms with Gasteiger partial charge < -0.3 is 10.2 Å². The summed E-state index contributed by atoms with van der Waals surface area (Å²) in [6.07, 6.45) is 0.250. The van der Waals surface area contributed by atoms with Gasteiger partial charge in [0, 0.05) is 24.5 Å². The number of amides is 2. The molecule has 2 amide bonds. The molecule has 0 heterocycles. The van der Waals surface area contributed by atoms with Crippen molar-refractivity contribution in [3.05, 3.63) is 131 Å². The first kappa shape index (κ1) is 32.8. The van der Waals surface area contributed by atoms with Gasteiger partial charge in [0.1, 0.15) is 12.6 Å².